The number of nitrogens with zero attached hydrogens (tertiary/aromatic N) is 1. The van der Waals surface area contributed by atoms with Crippen molar-refractivity contribution in [2.24, 2.45) is 5.73 Å². The van der Waals surface area contributed by atoms with Gasteiger partial charge in [-0.05, 0) is 43.3 Å². The lowest BCUT2D eigenvalue weighted by Gasteiger charge is -2.20. The summed E-state index contributed by atoms with van der Waals surface area (Å²) in [5, 5.41) is 0. The fourth-order valence-electron chi connectivity index (χ4n) is 1.77. The molecule has 92 valence electrons. The smallest absolute Gasteiger partial charge is 0.103 e. The predicted octanol–water partition coefficient (Wildman–Crippen LogP) is 3.40. The van der Waals surface area contributed by atoms with Crippen LogP contribution in [0.2, 0.25) is 0 Å². The van der Waals surface area contributed by atoms with Crippen LogP contribution in [-0.2, 0) is 0 Å². The summed E-state index contributed by atoms with van der Waals surface area (Å²) in [6.07, 6.45) is 0. The second-order valence-corrected chi connectivity index (χ2v) is 4.75. The highest BCUT2D eigenvalue weighted by Gasteiger charge is 2.04. The van der Waals surface area contributed by atoms with E-state index < -0.39 is 0 Å². The molecule has 0 atom stereocenters. The first kappa shape index (κ1) is 12.6. The van der Waals surface area contributed by atoms with Crippen molar-refractivity contribution < 1.29 is 0 Å². The third-order valence-electron chi connectivity index (χ3n) is 2.96. The molecule has 0 heterocycles. The van der Waals surface area contributed by atoms with Crippen molar-refractivity contribution in [1.29, 1.82) is 0 Å². The normalized spacial score (nSPS) is 10.1. The molecule has 18 heavy (non-hydrogen) atoms. The maximum atomic E-state index is 5.59. The topological polar surface area (TPSA) is 29.3 Å². The fourth-order valence-corrected chi connectivity index (χ4v) is 1.90. The van der Waals surface area contributed by atoms with E-state index in [0.29, 0.717) is 4.99 Å². The zero-order chi connectivity index (χ0) is 13.1. The van der Waals surface area contributed by atoms with Gasteiger partial charge < -0.3 is 10.6 Å². The molecule has 0 amide bonds. The van der Waals surface area contributed by atoms with Gasteiger partial charge in [0.15, 0.2) is 0 Å². The largest absolute Gasteiger partial charge is 0.389 e. The van der Waals surface area contributed by atoms with Crippen molar-refractivity contribution in [1.82, 2.24) is 0 Å². The minimum atomic E-state index is 0.430. The molecule has 0 radical (unpaired) electrons. The van der Waals surface area contributed by atoms with Crippen LogP contribution in [0.1, 0.15) is 11.1 Å². The van der Waals surface area contributed by atoms with Crippen LogP contribution in [0.3, 0.4) is 0 Å². The lowest BCUT2D eigenvalue weighted by atomic mass is 10.1. The Morgan fingerprint density at radius 1 is 0.944 bits per heavy atom. The molecule has 3 heteroatoms. The van der Waals surface area contributed by atoms with Gasteiger partial charge in [0.05, 0.1) is 0 Å². The Bertz CT molecular complexity index is 544. The van der Waals surface area contributed by atoms with Crippen LogP contribution in [0.25, 0.3) is 0 Å². The predicted molar refractivity (Wildman–Crippen MR) is 81.6 cm³/mol. The third-order valence-corrected chi connectivity index (χ3v) is 3.20. The molecular weight excluding hydrogens is 240 g/mol. The molecule has 2 rings (SSSR count). The second kappa shape index (κ2) is 5.19. The molecule has 0 spiro atoms. The summed E-state index contributed by atoms with van der Waals surface area (Å²) in [5.41, 5.74) is 10.0. The van der Waals surface area contributed by atoms with Crippen molar-refractivity contribution in [2.45, 2.75) is 6.92 Å². The summed E-state index contributed by atoms with van der Waals surface area (Å²) in [6.45, 7) is 2.08. The van der Waals surface area contributed by atoms with Crippen LogP contribution in [0, 0.1) is 6.92 Å². The zero-order valence-electron chi connectivity index (χ0n) is 10.6. The molecule has 0 aliphatic carbocycles. The highest BCUT2D eigenvalue weighted by Crippen LogP contribution is 2.23. The molecule has 2 aromatic carbocycles. The third kappa shape index (κ3) is 2.68. The molecule has 2 N–H and O–H groups in total. The van der Waals surface area contributed by atoms with Crippen molar-refractivity contribution in [3.63, 3.8) is 0 Å². The number of aryl methyl sites for hydroxylation is 1. The van der Waals surface area contributed by atoms with Crippen molar-refractivity contribution >= 4 is 28.6 Å². The van der Waals surface area contributed by atoms with Crippen LogP contribution in [0.15, 0.2) is 48.5 Å². The van der Waals surface area contributed by atoms with Crippen LogP contribution in [-0.4, -0.2) is 12.0 Å². The Balaban J connectivity index is 2.25. The Kier molecular flexibility index (Phi) is 3.63. The second-order valence-electron chi connectivity index (χ2n) is 4.31. The van der Waals surface area contributed by atoms with Crippen LogP contribution in [0.5, 0.6) is 0 Å². The fraction of sp³-hybridized carbons (Fsp3) is 0.133. The van der Waals surface area contributed by atoms with E-state index in [0.717, 1.165) is 16.9 Å². The molecule has 0 bridgehead atoms. The first-order chi connectivity index (χ1) is 8.58. The average molecular weight is 256 g/mol. The first-order valence-corrected chi connectivity index (χ1v) is 6.19. The number of rotatable bonds is 3. The summed E-state index contributed by atoms with van der Waals surface area (Å²) < 4.78 is 0. The van der Waals surface area contributed by atoms with E-state index in [-0.39, 0.29) is 0 Å². The molecule has 0 saturated carbocycles. The maximum Gasteiger partial charge on any atom is 0.103 e. The SMILES string of the molecule is Cc1ccc(N(C)c2ccc(C(N)=S)cc2)cc1. The maximum absolute atomic E-state index is 5.59. The van der Waals surface area contributed by atoms with Gasteiger partial charge in [-0.2, -0.15) is 0 Å². The van der Waals surface area contributed by atoms with Gasteiger partial charge in [-0.3, -0.25) is 0 Å². The Labute approximate surface area is 113 Å². The van der Waals surface area contributed by atoms with Crippen LogP contribution >= 0.6 is 12.2 Å². The van der Waals surface area contributed by atoms with Crippen LogP contribution in [0.4, 0.5) is 11.4 Å². The van der Waals surface area contributed by atoms with Gasteiger partial charge in [-0.1, -0.05) is 29.9 Å². The highest BCUT2D eigenvalue weighted by molar-refractivity contribution is 7.80. The number of thiocarbonyl (C=S) groups is 1. The highest BCUT2D eigenvalue weighted by atomic mass is 32.1. The first-order valence-electron chi connectivity index (χ1n) is 5.78. The summed E-state index contributed by atoms with van der Waals surface area (Å²) in [4.78, 5) is 2.56. The molecule has 0 fully saturated rings. The van der Waals surface area contributed by atoms with Gasteiger partial charge in [0, 0.05) is 24.0 Å². The van der Waals surface area contributed by atoms with Gasteiger partial charge in [0.2, 0.25) is 0 Å². The Morgan fingerprint density at radius 2 is 1.39 bits per heavy atom. The molecule has 0 saturated heterocycles. The summed E-state index contributed by atoms with van der Waals surface area (Å²) in [7, 11) is 2.04. The van der Waals surface area contributed by atoms with Gasteiger partial charge >= 0.3 is 0 Å². The van der Waals surface area contributed by atoms with Crippen LogP contribution < -0.4 is 10.6 Å². The minimum absolute atomic E-state index is 0.430. The molecule has 0 aliphatic heterocycles. The molecule has 0 aromatic heterocycles. The zero-order valence-corrected chi connectivity index (χ0v) is 11.4. The monoisotopic (exact) mass is 256 g/mol. The van der Waals surface area contributed by atoms with E-state index in [9.17, 15) is 0 Å². The summed E-state index contributed by atoms with van der Waals surface area (Å²) in [6, 6.07) is 16.4. The molecule has 2 nitrogen and oxygen atoms in total. The van der Waals surface area contributed by atoms with Crippen molar-refractivity contribution in [3.05, 3.63) is 59.7 Å². The van der Waals surface area contributed by atoms with Gasteiger partial charge in [-0.15, -0.1) is 0 Å². The van der Waals surface area contributed by atoms with E-state index in [4.69, 9.17) is 18.0 Å². The van der Waals surface area contributed by atoms with E-state index in [1.165, 1.54) is 5.56 Å². The molecule has 0 aliphatic rings. The van der Waals surface area contributed by atoms with E-state index in [2.05, 4.69) is 36.1 Å². The number of benzene rings is 2. The lowest BCUT2D eigenvalue weighted by Crippen LogP contribution is -2.11. The Morgan fingerprint density at radius 3 is 1.83 bits per heavy atom. The molecule has 0 unspecified atom stereocenters. The Hall–Kier alpha value is -1.87. The molecule has 2 aromatic rings. The summed E-state index contributed by atoms with van der Waals surface area (Å²) in [5.74, 6) is 0. The number of hydrogen-bond donors (Lipinski definition) is 1. The number of anilines is 2. The average Bonchev–Trinajstić information content (AvgIpc) is 2.39. The number of nitrogens with two attached hydrogens (primary N) is 1. The quantitative estimate of drug-likeness (QED) is 0.853. The van der Waals surface area contributed by atoms with Crippen molar-refractivity contribution in [3.8, 4) is 0 Å². The minimum Gasteiger partial charge on any atom is -0.389 e. The van der Waals surface area contributed by atoms with E-state index in [1.807, 2.05) is 31.3 Å². The summed E-state index contributed by atoms with van der Waals surface area (Å²) >= 11 is 4.94. The van der Waals surface area contributed by atoms with E-state index in [1.54, 1.807) is 0 Å². The molecular formula is C15H16N2S. The van der Waals surface area contributed by atoms with Gasteiger partial charge in [0.25, 0.3) is 0 Å². The standard InChI is InChI=1S/C15H16N2S/c1-11-3-7-13(8-4-11)17(2)14-9-5-12(6-10-14)15(16)18/h3-10H,1-2H3,(H2,16,18). The number of hydrogen-bond acceptors (Lipinski definition) is 2. The van der Waals surface area contributed by atoms with Crippen molar-refractivity contribution in [2.75, 3.05) is 11.9 Å². The van der Waals surface area contributed by atoms with Gasteiger partial charge in [0.1, 0.15) is 4.99 Å². The lowest BCUT2D eigenvalue weighted by molar-refractivity contribution is 1.20. The van der Waals surface area contributed by atoms with E-state index >= 15 is 0 Å². The van der Waals surface area contributed by atoms with Gasteiger partial charge in [-0.25, -0.2) is 0 Å².